The van der Waals surface area contributed by atoms with Gasteiger partial charge < -0.3 is 9.79 Å². The van der Waals surface area contributed by atoms with E-state index in [-0.39, 0.29) is 10.1 Å². The first kappa shape index (κ1) is 28.1. The van der Waals surface area contributed by atoms with Crippen LogP contribution >= 0.6 is 17.9 Å². The molecule has 0 aliphatic rings. The lowest BCUT2D eigenvalue weighted by Crippen LogP contribution is -2.17. The Balaban J connectivity index is 3.67. The second-order valence-electron chi connectivity index (χ2n) is 8.65. The molecule has 27 heavy (non-hydrogen) atoms. The maximum Gasteiger partial charge on any atom is 0.199 e. The van der Waals surface area contributed by atoms with Crippen molar-refractivity contribution in [1.29, 1.82) is 0 Å². The Morgan fingerprint density at radius 1 is 0.704 bits per heavy atom. The molecule has 0 saturated heterocycles. The van der Waals surface area contributed by atoms with Crippen LogP contribution in [0.25, 0.3) is 0 Å². The monoisotopic (exact) mass is 440 g/mol. The standard InChI is InChI=1S/C22H49O2PS2/c1-5-6-7-8-9-10-11-12-13-14-15-16-17-18-19-27(25(23,24)26)22(4)20-21(2)3/h21-24,26H,5-20H2,1-4H3. The SMILES string of the molecule is CCCCCCCCCCCCCCCCS(C(C)CC(C)C)=P(O)(O)S. The van der Waals surface area contributed by atoms with Crippen LogP contribution in [0.1, 0.15) is 124 Å². The van der Waals surface area contributed by atoms with Gasteiger partial charge >= 0.3 is 0 Å². The fraction of sp³-hybridized carbons (Fsp3) is 1.00. The molecule has 2 unspecified atom stereocenters. The van der Waals surface area contributed by atoms with Crippen LogP contribution in [0.3, 0.4) is 0 Å². The predicted molar refractivity (Wildman–Crippen MR) is 132 cm³/mol. The van der Waals surface area contributed by atoms with Gasteiger partial charge in [-0.3, -0.25) is 0 Å². The normalized spacial score (nSPS) is 14.7. The topological polar surface area (TPSA) is 40.5 Å². The van der Waals surface area contributed by atoms with E-state index in [2.05, 4.69) is 39.9 Å². The molecule has 2 N–H and O–H groups in total. The Labute approximate surface area is 178 Å². The molecule has 0 bridgehead atoms. The zero-order valence-corrected chi connectivity index (χ0v) is 21.3. The van der Waals surface area contributed by atoms with Crippen molar-refractivity contribution in [1.82, 2.24) is 0 Å². The smallest absolute Gasteiger partial charge is 0.199 e. The number of hydrogen-bond acceptors (Lipinski definition) is 0. The Hall–Kier alpha value is 1.05. The summed E-state index contributed by atoms with van der Waals surface area (Å²) in [6.45, 7) is 8.86. The van der Waals surface area contributed by atoms with Crippen LogP contribution in [-0.2, 0) is 10.1 Å². The molecule has 0 heterocycles. The minimum absolute atomic E-state index is 0.337. The molecule has 0 rings (SSSR count). The maximum absolute atomic E-state index is 10.1. The summed E-state index contributed by atoms with van der Waals surface area (Å²) < 4.78 is 0. The molecule has 0 aromatic carbocycles. The van der Waals surface area contributed by atoms with Gasteiger partial charge in [-0.05, 0) is 24.5 Å². The van der Waals surface area contributed by atoms with Crippen molar-refractivity contribution in [2.75, 3.05) is 5.75 Å². The van der Waals surface area contributed by atoms with Gasteiger partial charge in [0.15, 0.2) is 5.69 Å². The Bertz CT molecular complexity index is 386. The molecule has 0 fully saturated rings. The Morgan fingerprint density at radius 2 is 1.07 bits per heavy atom. The van der Waals surface area contributed by atoms with Crippen LogP contribution in [0.4, 0.5) is 0 Å². The molecular weight excluding hydrogens is 391 g/mol. The lowest BCUT2D eigenvalue weighted by Gasteiger charge is -2.24. The summed E-state index contributed by atoms with van der Waals surface area (Å²) in [6, 6.07) is 0. The zero-order chi connectivity index (χ0) is 20.5. The molecule has 2 nitrogen and oxygen atoms in total. The van der Waals surface area contributed by atoms with Crippen molar-refractivity contribution in [2.24, 2.45) is 5.92 Å². The molecule has 0 saturated carbocycles. The first-order valence-electron chi connectivity index (χ1n) is 11.6. The molecule has 0 radical (unpaired) electrons. The molecule has 5 heteroatoms. The van der Waals surface area contributed by atoms with Crippen LogP contribution < -0.4 is 0 Å². The third-order valence-corrected chi connectivity index (χ3v) is 13.1. The Morgan fingerprint density at radius 3 is 1.41 bits per heavy atom. The van der Waals surface area contributed by atoms with Crippen LogP contribution in [0.2, 0.25) is 0 Å². The number of hydrogen-bond donors (Lipinski definition) is 3. The van der Waals surface area contributed by atoms with E-state index in [4.69, 9.17) is 0 Å². The highest BCUT2D eigenvalue weighted by Crippen LogP contribution is 2.49. The molecule has 0 amide bonds. The highest BCUT2D eigenvalue weighted by atomic mass is 32.9. The van der Waals surface area contributed by atoms with E-state index in [9.17, 15) is 9.79 Å². The van der Waals surface area contributed by atoms with Gasteiger partial charge in [-0.15, -0.1) is 10.1 Å². The lowest BCUT2D eigenvalue weighted by atomic mass is 10.0. The molecule has 0 aliphatic heterocycles. The summed E-state index contributed by atoms with van der Waals surface area (Å²) in [4.78, 5) is 20.2. The molecular formula is C22H49O2PS2. The first-order valence-corrected chi connectivity index (χ1v) is 16.5. The van der Waals surface area contributed by atoms with Crippen LogP contribution in [0, 0.1) is 5.92 Å². The van der Waals surface area contributed by atoms with E-state index in [1.165, 1.54) is 83.5 Å². The van der Waals surface area contributed by atoms with Crippen molar-refractivity contribution < 1.29 is 9.79 Å². The minimum Gasteiger partial charge on any atom is -0.341 e. The van der Waals surface area contributed by atoms with Gasteiger partial charge in [-0.1, -0.05) is 123 Å². The quantitative estimate of drug-likeness (QED) is 0.114. The van der Waals surface area contributed by atoms with E-state index in [0.717, 1.165) is 18.6 Å². The van der Waals surface area contributed by atoms with Gasteiger partial charge in [0.2, 0.25) is 0 Å². The highest BCUT2D eigenvalue weighted by Gasteiger charge is 2.18. The Kier molecular flexibility index (Phi) is 18.6. The fourth-order valence-electron chi connectivity index (χ4n) is 3.78. The number of rotatable bonds is 18. The van der Waals surface area contributed by atoms with E-state index < -0.39 is 5.69 Å². The minimum atomic E-state index is -3.00. The lowest BCUT2D eigenvalue weighted by molar-refractivity contribution is 0.501. The van der Waals surface area contributed by atoms with E-state index >= 15 is 0 Å². The highest BCUT2D eigenvalue weighted by molar-refractivity contribution is 8.65. The van der Waals surface area contributed by atoms with Gasteiger partial charge in [0, 0.05) is 5.25 Å². The summed E-state index contributed by atoms with van der Waals surface area (Å²) in [6.07, 6.45) is 20.1. The molecule has 0 aliphatic carbocycles. The molecule has 0 aromatic heterocycles. The van der Waals surface area contributed by atoms with E-state index in [0.29, 0.717) is 11.2 Å². The van der Waals surface area contributed by atoms with Crippen LogP contribution in [0.5, 0.6) is 0 Å². The summed E-state index contributed by atoms with van der Waals surface area (Å²) >= 11 is 4.17. The summed E-state index contributed by atoms with van der Waals surface area (Å²) in [5.74, 6) is 1.54. The van der Waals surface area contributed by atoms with Gasteiger partial charge in [-0.25, -0.2) is 0 Å². The third-order valence-electron chi connectivity index (χ3n) is 5.29. The third kappa shape index (κ3) is 17.6. The van der Waals surface area contributed by atoms with Gasteiger partial charge in [-0.2, -0.15) is 0 Å². The largest absolute Gasteiger partial charge is 0.341 e. The van der Waals surface area contributed by atoms with Gasteiger partial charge in [0.25, 0.3) is 0 Å². The molecule has 0 aromatic rings. The van der Waals surface area contributed by atoms with Crippen LogP contribution in [0.15, 0.2) is 0 Å². The van der Waals surface area contributed by atoms with Gasteiger partial charge in [0.05, 0.1) is 0 Å². The predicted octanol–water partition coefficient (Wildman–Crippen LogP) is 8.11. The van der Waals surface area contributed by atoms with Crippen LogP contribution in [-0.4, -0.2) is 20.8 Å². The average molecular weight is 441 g/mol. The molecule has 2 atom stereocenters. The fourth-order valence-corrected chi connectivity index (χ4v) is 11.0. The second kappa shape index (κ2) is 17.9. The van der Waals surface area contributed by atoms with Crippen molar-refractivity contribution in [3.63, 3.8) is 0 Å². The van der Waals surface area contributed by atoms with Crippen molar-refractivity contribution in [3.05, 3.63) is 0 Å². The van der Waals surface area contributed by atoms with E-state index in [1.54, 1.807) is 0 Å². The second-order valence-corrected chi connectivity index (χ2v) is 17.1. The molecule has 166 valence electrons. The zero-order valence-electron chi connectivity index (χ0n) is 18.7. The number of unbranched alkanes of at least 4 members (excludes halogenated alkanes) is 13. The number of thiol groups is 1. The molecule has 0 spiro atoms. The maximum atomic E-state index is 10.1. The van der Waals surface area contributed by atoms with Gasteiger partial charge in [0.1, 0.15) is 0 Å². The summed E-state index contributed by atoms with van der Waals surface area (Å²) in [5.41, 5.74) is -3.00. The summed E-state index contributed by atoms with van der Waals surface area (Å²) in [5, 5.41) is 0.368. The van der Waals surface area contributed by atoms with Crippen molar-refractivity contribution >= 4 is 28.0 Å². The van der Waals surface area contributed by atoms with Crippen molar-refractivity contribution in [2.45, 2.75) is 129 Å². The first-order chi connectivity index (χ1) is 12.8. The van der Waals surface area contributed by atoms with Crippen molar-refractivity contribution in [3.8, 4) is 0 Å². The summed E-state index contributed by atoms with van der Waals surface area (Å²) in [7, 11) is -0.337. The van der Waals surface area contributed by atoms with E-state index in [1.807, 2.05) is 0 Å². The average Bonchev–Trinajstić information content (AvgIpc) is 2.56.